The highest BCUT2D eigenvalue weighted by molar-refractivity contribution is 6.13. The Bertz CT molecular complexity index is 3870. The van der Waals surface area contributed by atoms with E-state index in [-0.39, 0.29) is 92.1 Å². The molecule has 0 bridgehead atoms. The molecule has 0 aliphatic carbocycles. The topological polar surface area (TPSA) is 334 Å². The minimum Gasteiger partial charge on any atom is -0.493 e. The van der Waals surface area contributed by atoms with Gasteiger partial charge in [-0.05, 0) is 89.6 Å². The lowest BCUT2D eigenvalue weighted by atomic mass is 9.99. The average Bonchev–Trinajstić information content (AvgIpc) is 1.73. The molecule has 6 aliphatic rings. The van der Waals surface area contributed by atoms with Crippen LogP contribution in [0.3, 0.4) is 0 Å². The summed E-state index contributed by atoms with van der Waals surface area (Å²) < 4.78 is 28.6. The van der Waals surface area contributed by atoms with Gasteiger partial charge < -0.3 is 69.9 Å². The molecule has 2 unspecified atom stereocenters. The summed E-state index contributed by atoms with van der Waals surface area (Å²) in [4.78, 5) is 116. The number of aliphatic imine (C=N–C) groups is 2. The van der Waals surface area contributed by atoms with E-state index in [1.807, 2.05) is 49.8 Å². The maximum absolute atomic E-state index is 13.9. The molecular weight excluding hydrogens is 1200 g/mol. The normalized spacial score (nSPS) is 21.0. The highest BCUT2D eigenvalue weighted by atomic mass is 16.7. The number of rotatable bonds is 25. The van der Waals surface area contributed by atoms with Crippen molar-refractivity contribution in [2.24, 2.45) is 9.98 Å². The van der Waals surface area contributed by atoms with Crippen LogP contribution in [-0.2, 0) is 46.6 Å². The van der Waals surface area contributed by atoms with E-state index >= 15 is 0 Å². The number of anilines is 1. The molecule has 25 heteroatoms. The number of nitrogens with zero attached hydrogens (tertiary/aromatic N) is 5. The van der Waals surface area contributed by atoms with Crippen LogP contribution in [0.2, 0.25) is 0 Å². The number of carbonyl (C=O) groups excluding carboxylic acids is 7. The smallest absolute Gasteiger partial charge is 0.407 e. The Labute approximate surface area is 533 Å². The fourth-order valence-corrected chi connectivity index (χ4v) is 11.3. The molecule has 1 fully saturated rings. The number of hydrogen-bond acceptors (Lipinski definition) is 18. The van der Waals surface area contributed by atoms with Gasteiger partial charge in [-0.2, -0.15) is 0 Å². The van der Waals surface area contributed by atoms with E-state index in [1.165, 1.54) is 35.9 Å². The first-order valence-corrected chi connectivity index (χ1v) is 30.5. The SMILES string of the molecule is Cc1ccc(C2=CN3C(=O)c4ccc(OCCCOc5ccc6c(c5)N=C[C@@H]5CC(c7ccc(CNC(=O)OCc8ccc(O[C@@H]9OC(C(=O)O)[C@@H](O)[C@H](O)C9O)c(NC(=O)CCNC(=O)CCCCCN9C(=O)C=CC9=O)c8)cc7)=CN5C6=O)cc4N=C[C@@H]3C2)cc1. The first-order valence-electron chi connectivity index (χ1n) is 30.5. The molecule has 0 spiro atoms. The second kappa shape index (κ2) is 28.9. The summed E-state index contributed by atoms with van der Waals surface area (Å²) in [6.45, 7) is 2.70. The zero-order valence-corrected chi connectivity index (χ0v) is 50.6. The summed E-state index contributed by atoms with van der Waals surface area (Å²) in [7, 11) is 0. The Morgan fingerprint density at radius 2 is 1.23 bits per heavy atom. The van der Waals surface area contributed by atoms with Crippen molar-refractivity contribution >= 4 is 88.1 Å². The maximum atomic E-state index is 13.9. The summed E-state index contributed by atoms with van der Waals surface area (Å²) in [5.41, 5.74) is 8.19. The van der Waals surface area contributed by atoms with Crippen LogP contribution in [0.5, 0.6) is 17.2 Å². The molecule has 7 N–H and O–H groups in total. The van der Waals surface area contributed by atoms with Gasteiger partial charge in [-0.3, -0.25) is 43.7 Å². The molecular formula is C68H68N8O17. The number of carboxylic acids is 1. The van der Waals surface area contributed by atoms with Crippen molar-refractivity contribution < 1.29 is 82.5 Å². The van der Waals surface area contributed by atoms with Crippen molar-refractivity contribution in [3.05, 3.63) is 167 Å². The van der Waals surface area contributed by atoms with Crippen molar-refractivity contribution in [2.45, 2.75) is 114 Å². The van der Waals surface area contributed by atoms with Crippen LogP contribution in [0.15, 0.2) is 138 Å². The fraction of sp³-hybridized carbons (Fsp3) is 0.324. The lowest BCUT2D eigenvalue weighted by molar-refractivity contribution is -0.271. The first-order chi connectivity index (χ1) is 44.9. The van der Waals surface area contributed by atoms with Crippen LogP contribution in [0.1, 0.15) is 99.9 Å². The van der Waals surface area contributed by atoms with E-state index < -0.39 is 48.7 Å². The number of benzene rings is 5. The van der Waals surface area contributed by atoms with E-state index in [2.05, 4.69) is 40.2 Å². The zero-order valence-electron chi connectivity index (χ0n) is 50.6. The van der Waals surface area contributed by atoms with Crippen LogP contribution in [0, 0.1) is 6.92 Å². The second-order valence-electron chi connectivity index (χ2n) is 23.0. The number of aliphatic hydroxyl groups excluding tert-OH is 3. The average molecular weight is 1270 g/mol. The lowest BCUT2D eigenvalue weighted by Gasteiger charge is -2.38. The van der Waals surface area contributed by atoms with E-state index in [0.29, 0.717) is 91.3 Å². The fourth-order valence-electron chi connectivity index (χ4n) is 11.3. The van der Waals surface area contributed by atoms with Crippen LogP contribution in [0.25, 0.3) is 11.1 Å². The van der Waals surface area contributed by atoms with E-state index in [0.717, 1.165) is 32.7 Å². The number of ether oxygens (including phenoxy) is 5. The maximum Gasteiger partial charge on any atom is 0.407 e. The number of aryl methyl sites for hydroxylation is 1. The molecule has 6 aliphatic heterocycles. The van der Waals surface area contributed by atoms with E-state index in [4.69, 9.17) is 33.7 Å². The van der Waals surface area contributed by atoms with Crippen LogP contribution < -0.4 is 30.2 Å². The second-order valence-corrected chi connectivity index (χ2v) is 23.0. The number of carboxylic acid groups (broad SMARTS) is 1. The predicted octanol–water partition coefficient (Wildman–Crippen LogP) is 6.41. The van der Waals surface area contributed by atoms with Gasteiger partial charge in [-0.25, -0.2) is 9.59 Å². The van der Waals surface area contributed by atoms with Gasteiger partial charge >= 0.3 is 12.1 Å². The third-order valence-corrected chi connectivity index (χ3v) is 16.4. The van der Waals surface area contributed by atoms with Crippen molar-refractivity contribution in [2.75, 3.05) is 31.6 Å². The Kier molecular flexibility index (Phi) is 19.9. The molecule has 7 atom stereocenters. The molecule has 6 heterocycles. The van der Waals surface area contributed by atoms with Gasteiger partial charge in [0.25, 0.3) is 23.6 Å². The van der Waals surface area contributed by atoms with Gasteiger partial charge in [-0.15, -0.1) is 0 Å². The number of alkyl carbamates (subject to hydrolysis) is 1. The van der Waals surface area contributed by atoms with Crippen LogP contribution in [0.4, 0.5) is 21.9 Å². The van der Waals surface area contributed by atoms with Crippen molar-refractivity contribution in [1.29, 1.82) is 0 Å². The third kappa shape index (κ3) is 15.4. The van der Waals surface area contributed by atoms with Gasteiger partial charge in [0.15, 0.2) is 6.10 Å². The van der Waals surface area contributed by atoms with E-state index in [1.54, 1.807) is 52.4 Å². The number of imide groups is 1. The summed E-state index contributed by atoms with van der Waals surface area (Å²) in [5, 5.41) is 48.8. The highest BCUT2D eigenvalue weighted by Gasteiger charge is 2.48. The predicted molar refractivity (Wildman–Crippen MR) is 337 cm³/mol. The summed E-state index contributed by atoms with van der Waals surface area (Å²) in [5.74, 6) is -2.64. The van der Waals surface area contributed by atoms with Gasteiger partial charge in [-0.1, -0.05) is 66.6 Å². The number of aliphatic carboxylic acids is 1. The number of carbonyl (C=O) groups is 8. The monoisotopic (exact) mass is 1270 g/mol. The quantitative estimate of drug-likeness (QED) is 0.0245. The van der Waals surface area contributed by atoms with Crippen LogP contribution in [-0.4, -0.2) is 164 Å². The molecule has 1 saturated heterocycles. The minimum atomic E-state index is -1.98. The molecule has 7 amide bonds. The molecule has 0 aromatic heterocycles. The van der Waals surface area contributed by atoms with Gasteiger partial charge in [0.2, 0.25) is 18.1 Å². The molecule has 5 aromatic rings. The van der Waals surface area contributed by atoms with E-state index in [9.17, 15) is 58.8 Å². The summed E-state index contributed by atoms with van der Waals surface area (Å²) in [6, 6.07) is 29.9. The van der Waals surface area contributed by atoms with Crippen LogP contribution >= 0.6 is 0 Å². The van der Waals surface area contributed by atoms with Gasteiger partial charge in [0.05, 0.1) is 53.5 Å². The Morgan fingerprint density at radius 1 is 0.634 bits per heavy atom. The number of unbranched alkanes of at least 4 members (excludes halogenated alkanes) is 2. The largest absolute Gasteiger partial charge is 0.493 e. The summed E-state index contributed by atoms with van der Waals surface area (Å²) >= 11 is 0. The number of aliphatic hydroxyl groups is 3. The number of hydrogen-bond donors (Lipinski definition) is 7. The molecule has 11 rings (SSSR count). The number of amides is 7. The molecule has 482 valence electrons. The standard InChI is InChI=1S/C68H68N8O17/c1-39-7-12-42(13-8-39)44-29-46-34-70-52-31-48(16-18-50(52)64(84)75(46)36-44)89-26-5-27-90-49-17-19-51-53(32-49)71-35-47-30-45(37-76(47)65(51)85)43-14-9-40(10-15-43)33-72-68(88)91-38-41-11-20-55(92-67-62(83)60(81)61(82)63(93-67)66(86)87)54(28-41)73-57(78)23-24-69-56(77)6-3-2-4-25-74-58(79)21-22-59(74)80/h7-22,28,31-32,34-37,46-47,60-63,67,81-83H,2-6,23-27,29-30,33,38H2,1H3,(H,69,77)(H,72,88)(H,73,78)(H,86,87)/t46-,47-,60-,61-,62?,63?,67+/m0/s1. The minimum absolute atomic E-state index is 0.0371. The molecule has 25 nitrogen and oxygen atoms in total. The highest BCUT2D eigenvalue weighted by Crippen LogP contribution is 2.39. The summed E-state index contributed by atoms with van der Waals surface area (Å²) in [6.07, 6.45) is 2.55. The van der Waals surface area contributed by atoms with Crippen molar-refractivity contribution in [1.82, 2.24) is 25.3 Å². The Morgan fingerprint density at radius 3 is 1.83 bits per heavy atom. The van der Waals surface area contributed by atoms with Crippen molar-refractivity contribution in [3.63, 3.8) is 0 Å². The van der Waals surface area contributed by atoms with Gasteiger partial charge in [0, 0.05) is 101 Å². The number of nitrogens with one attached hydrogen (secondary N) is 3. The Hall–Kier alpha value is -10.3. The molecule has 93 heavy (non-hydrogen) atoms. The van der Waals surface area contributed by atoms with Gasteiger partial charge in [0.1, 0.15) is 42.2 Å². The number of fused-ring (bicyclic) bond motifs is 4. The lowest BCUT2D eigenvalue weighted by Crippen LogP contribution is -2.61. The molecule has 0 radical (unpaired) electrons. The Balaban J connectivity index is 0.624. The first kappa shape index (κ1) is 64.2. The molecule has 0 saturated carbocycles. The third-order valence-electron chi connectivity index (χ3n) is 16.4. The van der Waals surface area contributed by atoms with Crippen molar-refractivity contribution in [3.8, 4) is 17.2 Å². The molecule has 5 aromatic carbocycles. The zero-order chi connectivity index (χ0) is 65.3.